The Hall–Kier alpha value is -2.83. The van der Waals surface area contributed by atoms with Crippen molar-refractivity contribution >= 4 is 28.5 Å². The van der Waals surface area contributed by atoms with E-state index in [-0.39, 0.29) is 0 Å². The Morgan fingerprint density at radius 3 is 2.58 bits per heavy atom. The normalized spacial score (nSPS) is 15.2. The summed E-state index contributed by atoms with van der Waals surface area (Å²) in [5, 5.41) is 12.1. The lowest BCUT2D eigenvalue weighted by Gasteiger charge is -2.23. The monoisotopic (exact) mass is 352 g/mol. The third kappa shape index (κ3) is 3.42. The summed E-state index contributed by atoms with van der Waals surface area (Å²) in [6, 6.07) is 8.23. The fourth-order valence-corrected chi connectivity index (χ4v) is 3.42. The molecule has 0 radical (unpaired) electrons. The minimum absolute atomic E-state index is 0.447. The SMILES string of the molecule is COc1ccc(Nc2nc(NC3CCCCC3)nc3c2cnn3C)cc1. The number of nitrogens with one attached hydrogen (secondary N) is 2. The number of benzene rings is 1. The van der Waals surface area contributed by atoms with Crippen LogP contribution in [0.5, 0.6) is 5.75 Å². The minimum atomic E-state index is 0.447. The van der Waals surface area contributed by atoms with Gasteiger partial charge in [-0.2, -0.15) is 15.1 Å². The van der Waals surface area contributed by atoms with Gasteiger partial charge in [-0.05, 0) is 37.1 Å². The Bertz CT molecular complexity index is 883. The molecule has 1 aromatic carbocycles. The van der Waals surface area contributed by atoms with Crippen LogP contribution in [-0.4, -0.2) is 32.9 Å². The quantitative estimate of drug-likeness (QED) is 0.726. The number of methoxy groups -OCH3 is 1. The average Bonchev–Trinajstić information content (AvgIpc) is 3.04. The molecule has 0 spiro atoms. The van der Waals surface area contributed by atoms with Crippen LogP contribution >= 0.6 is 0 Å². The third-order valence-corrected chi connectivity index (χ3v) is 4.88. The van der Waals surface area contributed by atoms with Gasteiger partial charge in [-0.15, -0.1) is 0 Å². The summed E-state index contributed by atoms with van der Waals surface area (Å²) in [6.07, 6.45) is 8.00. The van der Waals surface area contributed by atoms with Crippen LogP contribution in [0.15, 0.2) is 30.5 Å². The molecule has 1 aliphatic carbocycles. The van der Waals surface area contributed by atoms with E-state index in [1.54, 1.807) is 18.0 Å². The summed E-state index contributed by atoms with van der Waals surface area (Å²) < 4.78 is 7.00. The first-order valence-electron chi connectivity index (χ1n) is 9.10. The highest BCUT2D eigenvalue weighted by molar-refractivity contribution is 5.89. The number of hydrogen-bond acceptors (Lipinski definition) is 6. The van der Waals surface area contributed by atoms with Gasteiger partial charge in [-0.1, -0.05) is 19.3 Å². The number of nitrogens with zero attached hydrogens (tertiary/aromatic N) is 4. The maximum Gasteiger partial charge on any atom is 0.226 e. The smallest absolute Gasteiger partial charge is 0.226 e. The zero-order valence-corrected chi connectivity index (χ0v) is 15.2. The van der Waals surface area contributed by atoms with Gasteiger partial charge in [0.25, 0.3) is 0 Å². The van der Waals surface area contributed by atoms with Crippen LogP contribution < -0.4 is 15.4 Å². The van der Waals surface area contributed by atoms with Crippen molar-refractivity contribution < 1.29 is 4.74 Å². The van der Waals surface area contributed by atoms with E-state index in [2.05, 4.69) is 20.7 Å². The number of aryl methyl sites for hydroxylation is 1. The van der Waals surface area contributed by atoms with E-state index in [4.69, 9.17) is 9.72 Å². The van der Waals surface area contributed by atoms with Crippen molar-refractivity contribution in [3.05, 3.63) is 30.5 Å². The average molecular weight is 352 g/mol. The Morgan fingerprint density at radius 2 is 1.85 bits per heavy atom. The van der Waals surface area contributed by atoms with Crippen LogP contribution in [0.25, 0.3) is 11.0 Å². The Labute approximate surface area is 152 Å². The maximum atomic E-state index is 5.22. The molecule has 26 heavy (non-hydrogen) atoms. The molecular weight excluding hydrogens is 328 g/mol. The Balaban J connectivity index is 1.65. The highest BCUT2D eigenvalue weighted by Crippen LogP contribution is 2.27. The summed E-state index contributed by atoms with van der Waals surface area (Å²) in [4.78, 5) is 9.41. The van der Waals surface area contributed by atoms with Gasteiger partial charge >= 0.3 is 0 Å². The molecule has 7 nitrogen and oxygen atoms in total. The van der Waals surface area contributed by atoms with Crippen molar-refractivity contribution in [1.29, 1.82) is 0 Å². The van der Waals surface area contributed by atoms with E-state index < -0.39 is 0 Å². The lowest BCUT2D eigenvalue weighted by Crippen LogP contribution is -2.23. The van der Waals surface area contributed by atoms with Gasteiger partial charge in [-0.25, -0.2) is 0 Å². The molecule has 2 heterocycles. The van der Waals surface area contributed by atoms with E-state index in [1.165, 1.54) is 32.1 Å². The number of aromatic nitrogens is 4. The molecule has 0 aliphatic heterocycles. The fraction of sp³-hybridized carbons (Fsp3) is 0.421. The summed E-state index contributed by atoms with van der Waals surface area (Å²) in [5.74, 6) is 2.24. The lowest BCUT2D eigenvalue weighted by atomic mass is 9.96. The largest absolute Gasteiger partial charge is 0.497 e. The standard InChI is InChI=1S/C19H24N6O/c1-25-18-16(12-20-25)17(21-14-8-10-15(26-2)11-9-14)23-19(24-18)22-13-6-4-3-5-7-13/h8-13H,3-7H2,1-2H3,(H2,21,22,23,24). The molecule has 7 heteroatoms. The zero-order valence-electron chi connectivity index (χ0n) is 15.2. The molecule has 0 unspecified atom stereocenters. The first-order chi connectivity index (χ1) is 12.7. The Kier molecular flexibility index (Phi) is 4.60. The third-order valence-electron chi connectivity index (χ3n) is 4.88. The van der Waals surface area contributed by atoms with Gasteiger partial charge in [0.1, 0.15) is 11.6 Å². The molecule has 4 rings (SSSR count). The number of fused-ring (bicyclic) bond motifs is 1. The molecule has 1 aliphatic rings. The highest BCUT2D eigenvalue weighted by atomic mass is 16.5. The minimum Gasteiger partial charge on any atom is -0.497 e. The van der Waals surface area contributed by atoms with Crippen LogP contribution in [-0.2, 0) is 7.05 Å². The van der Waals surface area contributed by atoms with E-state index in [0.29, 0.717) is 12.0 Å². The summed E-state index contributed by atoms with van der Waals surface area (Å²) >= 11 is 0. The van der Waals surface area contributed by atoms with Crippen molar-refractivity contribution in [2.75, 3.05) is 17.7 Å². The maximum absolute atomic E-state index is 5.22. The molecule has 2 aromatic heterocycles. The van der Waals surface area contributed by atoms with E-state index in [9.17, 15) is 0 Å². The predicted octanol–water partition coefficient (Wildman–Crippen LogP) is 3.86. The van der Waals surface area contributed by atoms with Crippen LogP contribution in [0.1, 0.15) is 32.1 Å². The van der Waals surface area contributed by atoms with Crippen molar-refractivity contribution in [2.45, 2.75) is 38.1 Å². The van der Waals surface area contributed by atoms with Crippen molar-refractivity contribution in [2.24, 2.45) is 7.05 Å². The van der Waals surface area contributed by atoms with Crippen LogP contribution in [0, 0.1) is 0 Å². The molecule has 0 saturated heterocycles. The van der Waals surface area contributed by atoms with E-state index >= 15 is 0 Å². The predicted molar refractivity (Wildman–Crippen MR) is 103 cm³/mol. The number of hydrogen-bond donors (Lipinski definition) is 2. The van der Waals surface area contributed by atoms with Gasteiger partial charge in [-0.3, -0.25) is 4.68 Å². The molecule has 1 fully saturated rings. The van der Waals surface area contributed by atoms with Gasteiger partial charge < -0.3 is 15.4 Å². The molecule has 3 aromatic rings. The zero-order chi connectivity index (χ0) is 17.9. The molecule has 2 N–H and O–H groups in total. The van der Waals surface area contributed by atoms with Gasteiger partial charge in [0.15, 0.2) is 5.65 Å². The topological polar surface area (TPSA) is 76.9 Å². The molecule has 0 amide bonds. The van der Waals surface area contributed by atoms with Gasteiger partial charge in [0.05, 0.1) is 18.7 Å². The first kappa shape index (κ1) is 16.6. The van der Waals surface area contributed by atoms with Crippen molar-refractivity contribution in [1.82, 2.24) is 19.7 Å². The molecule has 136 valence electrons. The molecular formula is C19H24N6O. The number of anilines is 3. The molecule has 1 saturated carbocycles. The van der Waals surface area contributed by atoms with E-state index in [1.807, 2.05) is 31.3 Å². The second-order valence-corrected chi connectivity index (χ2v) is 6.73. The van der Waals surface area contributed by atoms with Crippen LogP contribution in [0.4, 0.5) is 17.5 Å². The van der Waals surface area contributed by atoms with E-state index in [0.717, 1.165) is 28.3 Å². The van der Waals surface area contributed by atoms with Crippen LogP contribution in [0.2, 0.25) is 0 Å². The summed E-state index contributed by atoms with van der Waals surface area (Å²) in [5.41, 5.74) is 1.76. The summed E-state index contributed by atoms with van der Waals surface area (Å²) in [6.45, 7) is 0. The summed E-state index contributed by atoms with van der Waals surface area (Å²) in [7, 11) is 3.56. The number of rotatable bonds is 5. The Morgan fingerprint density at radius 1 is 1.08 bits per heavy atom. The highest BCUT2D eigenvalue weighted by Gasteiger charge is 2.17. The van der Waals surface area contributed by atoms with Gasteiger partial charge in [0, 0.05) is 18.8 Å². The molecule has 0 atom stereocenters. The number of ether oxygens (including phenoxy) is 1. The second kappa shape index (κ2) is 7.19. The lowest BCUT2D eigenvalue weighted by molar-refractivity contribution is 0.415. The molecule has 0 bridgehead atoms. The first-order valence-corrected chi connectivity index (χ1v) is 9.10. The van der Waals surface area contributed by atoms with Crippen LogP contribution in [0.3, 0.4) is 0 Å². The fourth-order valence-electron chi connectivity index (χ4n) is 3.42. The van der Waals surface area contributed by atoms with Gasteiger partial charge in [0.2, 0.25) is 5.95 Å². The second-order valence-electron chi connectivity index (χ2n) is 6.73. The van der Waals surface area contributed by atoms with Crippen molar-refractivity contribution in [3.63, 3.8) is 0 Å². The van der Waals surface area contributed by atoms with Crippen molar-refractivity contribution in [3.8, 4) is 5.75 Å².